The van der Waals surface area contributed by atoms with E-state index in [1.807, 2.05) is 24.3 Å². The molecule has 138 valence electrons. The maximum absolute atomic E-state index is 12.9. The third kappa shape index (κ3) is 4.88. The van der Waals surface area contributed by atoms with E-state index in [1.165, 1.54) is 12.1 Å². The van der Waals surface area contributed by atoms with Gasteiger partial charge in [-0.1, -0.05) is 12.1 Å². The fraction of sp³-hybridized carbons (Fsp3) is 0.350. The van der Waals surface area contributed by atoms with Crippen LogP contribution in [0, 0.1) is 5.82 Å². The van der Waals surface area contributed by atoms with Crippen LogP contribution in [0.25, 0.3) is 0 Å². The summed E-state index contributed by atoms with van der Waals surface area (Å²) in [6, 6.07) is 13.6. The molecular weight excluding hydrogens is 335 g/mol. The highest BCUT2D eigenvalue weighted by atomic mass is 19.1. The average Bonchev–Trinajstić information content (AvgIpc) is 2.68. The number of amides is 2. The number of carbonyl (C=O) groups excluding carboxylic acids is 1. The van der Waals surface area contributed by atoms with E-state index in [0.717, 1.165) is 24.2 Å². The molecule has 0 unspecified atom stereocenters. The smallest absolute Gasteiger partial charge is 0.317 e. The Morgan fingerprint density at radius 1 is 1.15 bits per heavy atom. The van der Waals surface area contributed by atoms with Crippen LogP contribution in [0.2, 0.25) is 0 Å². The zero-order valence-electron chi connectivity index (χ0n) is 14.8. The van der Waals surface area contributed by atoms with Gasteiger partial charge in [-0.05, 0) is 42.0 Å². The Hall–Kier alpha value is -2.76. The fourth-order valence-corrected chi connectivity index (χ4v) is 2.95. The molecule has 3 rings (SSSR count). The van der Waals surface area contributed by atoms with Crippen LogP contribution in [0.5, 0.6) is 11.5 Å². The van der Waals surface area contributed by atoms with Crippen molar-refractivity contribution in [2.75, 3.05) is 20.2 Å². The molecule has 1 heterocycles. The molecule has 1 N–H and O–H groups in total. The van der Waals surface area contributed by atoms with Gasteiger partial charge in [0.2, 0.25) is 0 Å². The number of methoxy groups -OCH3 is 1. The molecule has 2 aromatic carbocycles. The maximum atomic E-state index is 12.9. The lowest BCUT2D eigenvalue weighted by atomic mass is 10.1. The Morgan fingerprint density at radius 2 is 1.88 bits per heavy atom. The van der Waals surface area contributed by atoms with Crippen molar-refractivity contribution in [1.82, 2.24) is 10.2 Å². The number of nitrogens with zero attached hydrogens (tertiary/aromatic N) is 1. The molecule has 2 amide bonds. The van der Waals surface area contributed by atoms with Crippen LogP contribution < -0.4 is 14.8 Å². The number of halogens is 1. The minimum Gasteiger partial charge on any atom is -0.497 e. The molecule has 0 spiro atoms. The highest BCUT2D eigenvalue weighted by molar-refractivity contribution is 5.74. The summed E-state index contributed by atoms with van der Waals surface area (Å²) in [4.78, 5) is 14.1. The number of piperidine rings is 1. The van der Waals surface area contributed by atoms with E-state index in [9.17, 15) is 9.18 Å². The SMILES string of the molecule is COc1cccc(CNC(=O)N2CCC(Oc3ccc(F)cc3)CC2)c1. The van der Waals surface area contributed by atoms with E-state index in [4.69, 9.17) is 9.47 Å². The molecule has 0 saturated carbocycles. The first kappa shape index (κ1) is 18.0. The van der Waals surface area contributed by atoms with Gasteiger partial charge in [-0.25, -0.2) is 9.18 Å². The molecule has 0 bridgehead atoms. The maximum Gasteiger partial charge on any atom is 0.317 e. The van der Waals surface area contributed by atoms with Gasteiger partial charge in [-0.15, -0.1) is 0 Å². The summed E-state index contributed by atoms with van der Waals surface area (Å²) in [5.41, 5.74) is 0.993. The van der Waals surface area contributed by atoms with Crippen molar-refractivity contribution in [2.24, 2.45) is 0 Å². The van der Waals surface area contributed by atoms with Crippen molar-refractivity contribution < 1.29 is 18.7 Å². The molecule has 26 heavy (non-hydrogen) atoms. The van der Waals surface area contributed by atoms with Crippen LogP contribution in [0.15, 0.2) is 48.5 Å². The van der Waals surface area contributed by atoms with Crippen molar-refractivity contribution in [3.05, 3.63) is 59.9 Å². The predicted molar refractivity (Wildman–Crippen MR) is 96.9 cm³/mol. The lowest BCUT2D eigenvalue weighted by Crippen LogP contribution is -2.46. The highest BCUT2D eigenvalue weighted by Gasteiger charge is 2.23. The van der Waals surface area contributed by atoms with Crippen LogP contribution in [0.1, 0.15) is 18.4 Å². The second-order valence-electron chi connectivity index (χ2n) is 6.27. The van der Waals surface area contributed by atoms with Crippen LogP contribution in [-0.2, 0) is 6.54 Å². The molecule has 1 saturated heterocycles. The standard InChI is InChI=1S/C20H23FN2O3/c1-25-19-4-2-3-15(13-19)14-22-20(24)23-11-9-18(10-12-23)26-17-7-5-16(21)6-8-17/h2-8,13,18H,9-12,14H2,1H3,(H,22,24). The summed E-state index contributed by atoms with van der Waals surface area (Å²) in [5, 5.41) is 2.94. The Morgan fingerprint density at radius 3 is 2.58 bits per heavy atom. The molecule has 0 aliphatic carbocycles. The summed E-state index contributed by atoms with van der Waals surface area (Å²) in [7, 11) is 1.62. The number of urea groups is 1. The molecular formula is C20H23FN2O3. The number of ether oxygens (including phenoxy) is 2. The number of hydrogen-bond acceptors (Lipinski definition) is 3. The Labute approximate surface area is 152 Å². The van der Waals surface area contributed by atoms with Crippen molar-refractivity contribution >= 4 is 6.03 Å². The molecule has 5 nitrogen and oxygen atoms in total. The molecule has 1 aliphatic rings. The summed E-state index contributed by atoms with van der Waals surface area (Å²) in [6.07, 6.45) is 1.55. The third-order valence-electron chi connectivity index (χ3n) is 4.42. The zero-order valence-corrected chi connectivity index (χ0v) is 14.8. The minimum absolute atomic E-state index is 0.0443. The van der Waals surface area contributed by atoms with Gasteiger partial charge < -0.3 is 19.7 Å². The van der Waals surface area contributed by atoms with E-state index in [1.54, 1.807) is 24.1 Å². The van der Waals surface area contributed by atoms with Crippen LogP contribution in [0.3, 0.4) is 0 Å². The molecule has 0 aromatic heterocycles. The third-order valence-corrected chi connectivity index (χ3v) is 4.42. The Bertz CT molecular complexity index is 728. The van der Waals surface area contributed by atoms with Crippen molar-refractivity contribution in [1.29, 1.82) is 0 Å². The molecule has 6 heteroatoms. The fourth-order valence-electron chi connectivity index (χ4n) is 2.95. The largest absolute Gasteiger partial charge is 0.497 e. The number of carbonyl (C=O) groups is 1. The summed E-state index contributed by atoms with van der Waals surface area (Å²) >= 11 is 0. The average molecular weight is 358 g/mol. The van der Waals surface area contributed by atoms with E-state index in [-0.39, 0.29) is 18.0 Å². The number of benzene rings is 2. The Balaban J connectivity index is 1.43. The van der Waals surface area contributed by atoms with E-state index < -0.39 is 0 Å². The predicted octanol–water partition coefficient (Wildman–Crippen LogP) is 3.59. The molecule has 1 aliphatic heterocycles. The first-order valence-electron chi connectivity index (χ1n) is 8.72. The molecule has 0 atom stereocenters. The molecule has 1 fully saturated rings. The van der Waals surface area contributed by atoms with Crippen LogP contribution in [-0.4, -0.2) is 37.2 Å². The number of hydrogen-bond donors (Lipinski definition) is 1. The van der Waals surface area contributed by atoms with Crippen molar-refractivity contribution in [2.45, 2.75) is 25.5 Å². The molecule has 2 aromatic rings. The van der Waals surface area contributed by atoms with E-state index in [0.29, 0.717) is 25.4 Å². The van der Waals surface area contributed by atoms with Gasteiger partial charge in [0, 0.05) is 32.5 Å². The van der Waals surface area contributed by atoms with Gasteiger partial charge in [-0.3, -0.25) is 0 Å². The zero-order chi connectivity index (χ0) is 18.4. The second-order valence-corrected chi connectivity index (χ2v) is 6.27. The minimum atomic E-state index is -0.278. The Kier molecular flexibility index (Phi) is 5.94. The number of rotatable bonds is 5. The van der Waals surface area contributed by atoms with Crippen LogP contribution in [0.4, 0.5) is 9.18 Å². The number of nitrogens with one attached hydrogen (secondary N) is 1. The van der Waals surface area contributed by atoms with E-state index in [2.05, 4.69) is 5.32 Å². The van der Waals surface area contributed by atoms with Gasteiger partial charge in [0.1, 0.15) is 23.4 Å². The molecule has 0 radical (unpaired) electrons. The summed E-state index contributed by atoms with van der Waals surface area (Å²) in [6.45, 7) is 1.73. The highest BCUT2D eigenvalue weighted by Crippen LogP contribution is 2.19. The first-order valence-corrected chi connectivity index (χ1v) is 8.72. The summed E-state index contributed by atoms with van der Waals surface area (Å²) in [5.74, 6) is 1.16. The number of likely N-dealkylation sites (tertiary alicyclic amines) is 1. The van der Waals surface area contributed by atoms with Gasteiger partial charge in [0.05, 0.1) is 7.11 Å². The van der Waals surface area contributed by atoms with Gasteiger partial charge in [-0.2, -0.15) is 0 Å². The lowest BCUT2D eigenvalue weighted by molar-refractivity contribution is 0.111. The van der Waals surface area contributed by atoms with E-state index >= 15 is 0 Å². The van der Waals surface area contributed by atoms with Gasteiger partial charge >= 0.3 is 6.03 Å². The van der Waals surface area contributed by atoms with Gasteiger partial charge in [0.15, 0.2) is 0 Å². The van der Waals surface area contributed by atoms with Crippen molar-refractivity contribution in [3.63, 3.8) is 0 Å². The second kappa shape index (κ2) is 8.56. The summed E-state index contributed by atoms with van der Waals surface area (Å²) < 4.78 is 24.0. The van der Waals surface area contributed by atoms with Gasteiger partial charge in [0.25, 0.3) is 0 Å². The quantitative estimate of drug-likeness (QED) is 0.889. The van der Waals surface area contributed by atoms with Crippen LogP contribution >= 0.6 is 0 Å². The first-order chi connectivity index (χ1) is 12.6. The lowest BCUT2D eigenvalue weighted by Gasteiger charge is -2.32. The normalized spacial score (nSPS) is 14.8. The monoisotopic (exact) mass is 358 g/mol. The topological polar surface area (TPSA) is 50.8 Å². The van der Waals surface area contributed by atoms with Crippen molar-refractivity contribution in [3.8, 4) is 11.5 Å².